The summed E-state index contributed by atoms with van der Waals surface area (Å²) in [6.07, 6.45) is 2.30. The summed E-state index contributed by atoms with van der Waals surface area (Å²) in [5, 5.41) is 11.8. The van der Waals surface area contributed by atoms with Gasteiger partial charge in [-0.3, -0.25) is 19.2 Å². The van der Waals surface area contributed by atoms with Crippen molar-refractivity contribution in [2.45, 2.75) is 38.6 Å². The number of aryl methyl sites for hydroxylation is 3. The summed E-state index contributed by atoms with van der Waals surface area (Å²) in [4.78, 5) is 40.3. The molecule has 142 valence electrons. The van der Waals surface area contributed by atoms with Crippen molar-refractivity contribution in [3.63, 3.8) is 0 Å². The van der Waals surface area contributed by atoms with Gasteiger partial charge in [0.25, 0.3) is 5.91 Å². The number of hydrogen-bond donors (Lipinski definition) is 2. The van der Waals surface area contributed by atoms with Crippen LogP contribution < -0.4 is 10.6 Å². The minimum absolute atomic E-state index is 0.320. The van der Waals surface area contributed by atoms with Gasteiger partial charge in [0.1, 0.15) is 12.1 Å². The number of carbonyl (C=O) groups excluding carboxylic acids is 3. The van der Waals surface area contributed by atoms with Gasteiger partial charge < -0.3 is 10.6 Å². The summed E-state index contributed by atoms with van der Waals surface area (Å²) in [6.45, 7) is 3.32. The number of rotatable bonds is 3. The lowest BCUT2D eigenvalue weighted by atomic mass is 9.80. The minimum atomic E-state index is -1.02. The normalized spacial score (nSPS) is 21.5. The van der Waals surface area contributed by atoms with Crippen LogP contribution in [0, 0.1) is 13.8 Å². The number of nitrogens with zero attached hydrogens (tertiary/aromatic N) is 3. The van der Waals surface area contributed by atoms with Crippen LogP contribution in [-0.2, 0) is 28.6 Å². The number of nitrogens with one attached hydrogen (secondary N) is 2. The molecule has 9 heteroatoms. The van der Waals surface area contributed by atoms with Gasteiger partial charge in [0, 0.05) is 17.5 Å². The van der Waals surface area contributed by atoms with Crippen molar-refractivity contribution in [3.8, 4) is 0 Å². The SMILES string of the molecule is Cc1nn(C)c(C)c1NC(=O)CN1C(=O)NC2(CCCc3sccc32)C1=O. The first-order valence-corrected chi connectivity index (χ1v) is 9.72. The van der Waals surface area contributed by atoms with E-state index in [0.717, 1.165) is 33.9 Å². The van der Waals surface area contributed by atoms with Crippen LogP contribution in [0.1, 0.15) is 34.7 Å². The monoisotopic (exact) mass is 387 g/mol. The Bertz CT molecular complexity index is 962. The quantitative estimate of drug-likeness (QED) is 0.785. The number of aromatic nitrogens is 2. The molecular weight excluding hydrogens is 366 g/mol. The van der Waals surface area contributed by atoms with E-state index >= 15 is 0 Å². The lowest BCUT2D eigenvalue weighted by Gasteiger charge is -2.31. The molecule has 0 radical (unpaired) electrons. The van der Waals surface area contributed by atoms with Gasteiger partial charge in [0.15, 0.2) is 0 Å². The fourth-order valence-corrected chi connectivity index (χ4v) is 4.96. The van der Waals surface area contributed by atoms with Crippen LogP contribution >= 0.6 is 11.3 Å². The smallest absolute Gasteiger partial charge is 0.321 e. The highest BCUT2D eigenvalue weighted by Gasteiger charge is 2.54. The van der Waals surface area contributed by atoms with Crippen LogP contribution in [0.4, 0.5) is 10.5 Å². The molecule has 27 heavy (non-hydrogen) atoms. The molecule has 4 amide bonds. The molecule has 3 heterocycles. The Morgan fingerprint density at radius 2 is 2.19 bits per heavy atom. The summed E-state index contributed by atoms with van der Waals surface area (Å²) in [5.74, 6) is -0.766. The Morgan fingerprint density at radius 1 is 1.41 bits per heavy atom. The first-order valence-electron chi connectivity index (χ1n) is 8.84. The van der Waals surface area contributed by atoms with Gasteiger partial charge >= 0.3 is 6.03 Å². The van der Waals surface area contributed by atoms with Gasteiger partial charge in [0.2, 0.25) is 5.91 Å². The second-order valence-electron chi connectivity index (χ2n) is 7.06. The lowest BCUT2D eigenvalue weighted by molar-refractivity contribution is -0.134. The van der Waals surface area contributed by atoms with E-state index in [1.807, 2.05) is 18.4 Å². The van der Waals surface area contributed by atoms with Crippen LogP contribution in [-0.4, -0.2) is 39.1 Å². The van der Waals surface area contributed by atoms with Gasteiger partial charge in [-0.1, -0.05) is 0 Å². The predicted octanol–water partition coefficient (Wildman–Crippen LogP) is 1.82. The van der Waals surface area contributed by atoms with Crippen LogP contribution in [0.2, 0.25) is 0 Å². The standard InChI is InChI=1S/C18H21N5O3S/c1-10-15(11(2)22(3)21-10)19-14(24)9-23-16(25)18(20-17(23)26)7-4-5-13-12(18)6-8-27-13/h6,8H,4-5,7,9H2,1-3H3,(H,19,24)(H,20,26). The van der Waals surface area contributed by atoms with E-state index in [0.29, 0.717) is 17.8 Å². The molecule has 1 atom stereocenters. The van der Waals surface area contributed by atoms with Crippen molar-refractivity contribution in [2.24, 2.45) is 7.05 Å². The number of anilines is 1. The summed E-state index contributed by atoms with van der Waals surface area (Å²) in [6, 6.07) is 1.39. The maximum Gasteiger partial charge on any atom is 0.325 e. The zero-order valence-corrected chi connectivity index (χ0v) is 16.3. The molecule has 1 fully saturated rings. The van der Waals surface area contributed by atoms with Gasteiger partial charge in [-0.15, -0.1) is 11.3 Å². The second kappa shape index (κ2) is 6.19. The first-order chi connectivity index (χ1) is 12.8. The fourth-order valence-electron chi connectivity index (χ4n) is 3.96. The minimum Gasteiger partial charge on any atom is -0.321 e. The molecule has 8 nitrogen and oxygen atoms in total. The molecule has 1 spiro atoms. The van der Waals surface area contributed by atoms with Gasteiger partial charge in [-0.25, -0.2) is 4.79 Å². The van der Waals surface area contributed by atoms with Crippen molar-refractivity contribution >= 4 is 34.9 Å². The predicted molar refractivity (Wildman–Crippen MR) is 100 cm³/mol. The van der Waals surface area contributed by atoms with E-state index < -0.39 is 17.5 Å². The maximum absolute atomic E-state index is 13.1. The number of carbonyl (C=O) groups is 3. The van der Waals surface area contributed by atoms with E-state index in [1.54, 1.807) is 30.0 Å². The average Bonchev–Trinajstić information content (AvgIpc) is 3.26. The molecule has 1 aliphatic heterocycles. The molecule has 1 aliphatic carbocycles. The van der Waals surface area contributed by atoms with Crippen molar-refractivity contribution in [3.05, 3.63) is 33.3 Å². The van der Waals surface area contributed by atoms with Gasteiger partial charge in [-0.05, 0) is 44.6 Å². The lowest BCUT2D eigenvalue weighted by Crippen LogP contribution is -2.46. The molecule has 2 aliphatic rings. The molecule has 1 saturated heterocycles. The molecule has 1 unspecified atom stereocenters. The van der Waals surface area contributed by atoms with Crippen LogP contribution in [0.25, 0.3) is 0 Å². The molecule has 2 aromatic heterocycles. The summed E-state index contributed by atoms with van der Waals surface area (Å²) in [5.41, 5.74) is 1.96. The zero-order chi connectivity index (χ0) is 19.3. The zero-order valence-electron chi connectivity index (χ0n) is 15.5. The third-order valence-electron chi connectivity index (χ3n) is 5.41. The Kier molecular flexibility index (Phi) is 4.06. The van der Waals surface area contributed by atoms with Crippen LogP contribution in [0.15, 0.2) is 11.4 Å². The van der Waals surface area contributed by atoms with E-state index in [2.05, 4.69) is 15.7 Å². The summed E-state index contributed by atoms with van der Waals surface area (Å²) < 4.78 is 1.67. The van der Waals surface area contributed by atoms with Crippen molar-refractivity contribution in [2.75, 3.05) is 11.9 Å². The first kappa shape index (κ1) is 17.7. The Balaban J connectivity index is 1.55. The Morgan fingerprint density at radius 3 is 2.89 bits per heavy atom. The van der Waals surface area contributed by atoms with E-state index in [4.69, 9.17) is 0 Å². The largest absolute Gasteiger partial charge is 0.325 e. The third-order valence-corrected chi connectivity index (χ3v) is 6.39. The maximum atomic E-state index is 13.1. The van der Waals surface area contributed by atoms with Gasteiger partial charge in [0.05, 0.1) is 17.1 Å². The highest BCUT2D eigenvalue weighted by atomic mass is 32.1. The topological polar surface area (TPSA) is 96.3 Å². The number of hydrogen-bond acceptors (Lipinski definition) is 5. The number of thiophene rings is 1. The summed E-state index contributed by atoms with van der Waals surface area (Å²) >= 11 is 1.60. The van der Waals surface area contributed by atoms with E-state index in [9.17, 15) is 14.4 Å². The number of imide groups is 1. The van der Waals surface area contributed by atoms with Crippen LogP contribution in [0.3, 0.4) is 0 Å². The van der Waals surface area contributed by atoms with E-state index in [-0.39, 0.29) is 12.5 Å². The molecule has 0 bridgehead atoms. The number of fused-ring (bicyclic) bond motifs is 2. The highest BCUT2D eigenvalue weighted by Crippen LogP contribution is 2.42. The average molecular weight is 387 g/mol. The fraction of sp³-hybridized carbons (Fsp3) is 0.444. The molecule has 0 aromatic carbocycles. The molecule has 0 saturated carbocycles. The molecule has 2 aromatic rings. The van der Waals surface area contributed by atoms with Crippen LogP contribution in [0.5, 0.6) is 0 Å². The Hall–Kier alpha value is -2.68. The molecule has 4 rings (SSSR count). The number of amides is 4. The third kappa shape index (κ3) is 2.64. The second-order valence-corrected chi connectivity index (χ2v) is 8.06. The van der Waals surface area contributed by atoms with Gasteiger partial charge in [-0.2, -0.15) is 5.10 Å². The summed E-state index contributed by atoms with van der Waals surface area (Å²) in [7, 11) is 1.79. The van der Waals surface area contributed by atoms with Crippen molar-refractivity contribution < 1.29 is 14.4 Å². The number of urea groups is 1. The molecular formula is C18H21N5O3S. The molecule has 2 N–H and O–H groups in total. The van der Waals surface area contributed by atoms with Crippen molar-refractivity contribution in [1.82, 2.24) is 20.0 Å². The van der Waals surface area contributed by atoms with E-state index in [1.165, 1.54) is 0 Å². The Labute approximate surface area is 160 Å². The van der Waals surface area contributed by atoms with Crippen molar-refractivity contribution in [1.29, 1.82) is 0 Å². The highest BCUT2D eigenvalue weighted by molar-refractivity contribution is 7.10.